The number of para-hydroxylation sites is 1. The van der Waals surface area contributed by atoms with Gasteiger partial charge in [-0.15, -0.1) is 0 Å². The standard InChI is InChI=1S/C31H37N7O2/c1-22(2)36-15-17-37(18-16-36)28(39)14-7-9-24-21-38(25-10-5-4-6-11-25)31(34-24)29-26(23-19-33-35(3)20-23)12-8-13-27(29)30(32)40/h4-6,8,10-13,19-22H,7,9,14-18H2,1-3H3,(H2,32,40). The van der Waals surface area contributed by atoms with E-state index >= 15 is 0 Å². The second kappa shape index (κ2) is 11.9. The minimum absolute atomic E-state index is 0.198. The number of primary amides is 1. The summed E-state index contributed by atoms with van der Waals surface area (Å²) < 4.78 is 3.73. The lowest BCUT2D eigenvalue weighted by molar-refractivity contribution is -0.133. The van der Waals surface area contributed by atoms with Crippen molar-refractivity contribution in [2.75, 3.05) is 26.2 Å². The number of carbonyl (C=O) groups excluding carboxylic acids is 2. The van der Waals surface area contributed by atoms with Crippen molar-refractivity contribution in [3.05, 3.63) is 78.4 Å². The van der Waals surface area contributed by atoms with Crippen LogP contribution in [0.25, 0.3) is 28.2 Å². The molecule has 4 aromatic rings. The number of carbonyl (C=O) groups is 2. The first-order valence-electron chi connectivity index (χ1n) is 13.9. The Hall–Kier alpha value is -4.24. The maximum absolute atomic E-state index is 12.9. The highest BCUT2D eigenvalue weighted by Crippen LogP contribution is 2.36. The van der Waals surface area contributed by atoms with Crippen LogP contribution < -0.4 is 5.73 Å². The first kappa shape index (κ1) is 27.3. The normalized spacial score (nSPS) is 14.2. The average molecular weight is 540 g/mol. The lowest BCUT2D eigenvalue weighted by Crippen LogP contribution is -2.50. The summed E-state index contributed by atoms with van der Waals surface area (Å²) >= 11 is 0. The molecule has 1 aliphatic rings. The van der Waals surface area contributed by atoms with Crippen LogP contribution in [0, 0.1) is 0 Å². The van der Waals surface area contributed by atoms with Crippen molar-refractivity contribution in [3.63, 3.8) is 0 Å². The summed E-state index contributed by atoms with van der Waals surface area (Å²) in [5.74, 6) is 0.308. The number of hydrogen-bond acceptors (Lipinski definition) is 5. The average Bonchev–Trinajstić information content (AvgIpc) is 3.59. The molecule has 1 aliphatic heterocycles. The van der Waals surface area contributed by atoms with Crippen LogP contribution in [-0.4, -0.2) is 73.2 Å². The van der Waals surface area contributed by atoms with Gasteiger partial charge < -0.3 is 10.6 Å². The minimum atomic E-state index is -0.520. The molecular weight excluding hydrogens is 502 g/mol. The summed E-state index contributed by atoms with van der Waals surface area (Å²) in [5.41, 5.74) is 10.4. The van der Waals surface area contributed by atoms with Gasteiger partial charge in [0.1, 0.15) is 5.82 Å². The monoisotopic (exact) mass is 539 g/mol. The largest absolute Gasteiger partial charge is 0.366 e. The van der Waals surface area contributed by atoms with Gasteiger partial charge in [-0.2, -0.15) is 5.10 Å². The fourth-order valence-electron chi connectivity index (χ4n) is 5.38. The first-order valence-corrected chi connectivity index (χ1v) is 13.9. The van der Waals surface area contributed by atoms with Crippen molar-refractivity contribution >= 4 is 11.8 Å². The van der Waals surface area contributed by atoms with E-state index in [0.29, 0.717) is 42.3 Å². The highest BCUT2D eigenvalue weighted by Gasteiger charge is 2.24. The smallest absolute Gasteiger partial charge is 0.249 e. The van der Waals surface area contributed by atoms with E-state index in [2.05, 4.69) is 23.8 Å². The second-order valence-corrected chi connectivity index (χ2v) is 10.6. The lowest BCUT2D eigenvalue weighted by atomic mass is 9.96. The number of nitrogens with two attached hydrogens (primary N) is 1. The summed E-state index contributed by atoms with van der Waals surface area (Å²) in [5, 5.41) is 4.33. The maximum Gasteiger partial charge on any atom is 0.249 e. The molecule has 3 heterocycles. The Balaban J connectivity index is 1.44. The fraction of sp³-hybridized carbons (Fsp3) is 0.355. The summed E-state index contributed by atoms with van der Waals surface area (Å²) in [6, 6.07) is 15.9. The Labute approximate surface area is 235 Å². The van der Waals surface area contributed by atoms with Crippen molar-refractivity contribution in [2.45, 2.75) is 39.2 Å². The van der Waals surface area contributed by atoms with Crippen LogP contribution in [-0.2, 0) is 18.3 Å². The van der Waals surface area contributed by atoms with E-state index < -0.39 is 5.91 Å². The van der Waals surface area contributed by atoms with Gasteiger partial charge in [-0.3, -0.25) is 23.7 Å². The zero-order valence-electron chi connectivity index (χ0n) is 23.5. The number of aromatic nitrogens is 4. The van der Waals surface area contributed by atoms with E-state index in [1.807, 2.05) is 71.4 Å². The lowest BCUT2D eigenvalue weighted by Gasteiger charge is -2.37. The fourth-order valence-corrected chi connectivity index (χ4v) is 5.38. The van der Waals surface area contributed by atoms with E-state index in [1.54, 1.807) is 16.9 Å². The van der Waals surface area contributed by atoms with E-state index in [-0.39, 0.29) is 5.91 Å². The van der Waals surface area contributed by atoms with Crippen LogP contribution in [0.15, 0.2) is 67.1 Å². The molecule has 5 rings (SSSR count). The van der Waals surface area contributed by atoms with Gasteiger partial charge in [-0.05, 0) is 50.5 Å². The number of nitrogens with zero attached hydrogens (tertiary/aromatic N) is 6. The molecule has 2 amide bonds. The molecule has 1 saturated heterocycles. The number of benzene rings is 2. The Bertz CT molecular complexity index is 1480. The second-order valence-electron chi connectivity index (χ2n) is 10.6. The third-order valence-electron chi connectivity index (χ3n) is 7.58. The number of aryl methyl sites for hydroxylation is 2. The van der Waals surface area contributed by atoms with E-state index in [9.17, 15) is 9.59 Å². The first-order chi connectivity index (χ1) is 19.3. The molecule has 2 N–H and O–H groups in total. The van der Waals surface area contributed by atoms with Gasteiger partial charge in [0, 0.05) is 74.9 Å². The van der Waals surface area contributed by atoms with Gasteiger partial charge in [0.25, 0.3) is 0 Å². The number of piperazine rings is 1. The summed E-state index contributed by atoms with van der Waals surface area (Å²) in [6.07, 6.45) is 7.50. The third-order valence-corrected chi connectivity index (χ3v) is 7.58. The third kappa shape index (κ3) is 5.84. The van der Waals surface area contributed by atoms with Gasteiger partial charge in [-0.25, -0.2) is 4.98 Å². The quantitative estimate of drug-likeness (QED) is 0.347. The van der Waals surface area contributed by atoms with Crippen LogP contribution in [0.4, 0.5) is 0 Å². The minimum Gasteiger partial charge on any atom is -0.366 e. The molecule has 0 atom stereocenters. The van der Waals surface area contributed by atoms with Crippen molar-refractivity contribution < 1.29 is 9.59 Å². The highest BCUT2D eigenvalue weighted by atomic mass is 16.2. The molecule has 2 aromatic carbocycles. The van der Waals surface area contributed by atoms with E-state index in [0.717, 1.165) is 48.7 Å². The SMILES string of the molecule is CC(C)N1CCN(C(=O)CCCc2cn(-c3ccccc3)c(-c3c(C(N)=O)cccc3-c3cnn(C)c3)n2)CC1. The Morgan fingerprint density at radius 3 is 2.38 bits per heavy atom. The maximum atomic E-state index is 12.9. The van der Waals surface area contributed by atoms with Crippen molar-refractivity contribution in [3.8, 4) is 28.2 Å². The molecule has 9 nitrogen and oxygen atoms in total. The molecule has 208 valence electrons. The Kier molecular flexibility index (Phi) is 8.11. The predicted molar refractivity (Wildman–Crippen MR) is 156 cm³/mol. The van der Waals surface area contributed by atoms with Crippen LogP contribution >= 0.6 is 0 Å². The molecular formula is C31H37N7O2. The van der Waals surface area contributed by atoms with Crippen LogP contribution in [0.1, 0.15) is 42.7 Å². The molecule has 0 radical (unpaired) electrons. The van der Waals surface area contributed by atoms with Crippen LogP contribution in [0.3, 0.4) is 0 Å². The molecule has 0 saturated carbocycles. The van der Waals surface area contributed by atoms with Gasteiger partial charge in [-0.1, -0.05) is 30.3 Å². The number of hydrogen-bond donors (Lipinski definition) is 1. The van der Waals surface area contributed by atoms with Crippen LogP contribution in [0.5, 0.6) is 0 Å². The molecule has 0 spiro atoms. The van der Waals surface area contributed by atoms with E-state index in [1.165, 1.54) is 0 Å². The van der Waals surface area contributed by atoms with Crippen molar-refractivity contribution in [1.29, 1.82) is 0 Å². The number of imidazole rings is 1. The molecule has 1 fully saturated rings. The molecule has 0 bridgehead atoms. The molecule has 40 heavy (non-hydrogen) atoms. The number of rotatable bonds is 9. The van der Waals surface area contributed by atoms with Crippen LogP contribution in [0.2, 0.25) is 0 Å². The van der Waals surface area contributed by atoms with Crippen molar-refractivity contribution in [1.82, 2.24) is 29.1 Å². The Morgan fingerprint density at radius 1 is 0.975 bits per heavy atom. The predicted octanol–water partition coefficient (Wildman–Crippen LogP) is 3.91. The Morgan fingerprint density at radius 2 is 1.73 bits per heavy atom. The van der Waals surface area contributed by atoms with Crippen molar-refractivity contribution in [2.24, 2.45) is 12.8 Å². The molecule has 9 heteroatoms. The van der Waals surface area contributed by atoms with Gasteiger partial charge in [0.05, 0.1) is 17.5 Å². The zero-order valence-corrected chi connectivity index (χ0v) is 23.5. The molecule has 2 aromatic heterocycles. The molecule has 0 unspecified atom stereocenters. The topological polar surface area (TPSA) is 102 Å². The van der Waals surface area contributed by atoms with E-state index in [4.69, 9.17) is 10.7 Å². The zero-order chi connectivity index (χ0) is 28.2. The number of amides is 2. The van der Waals surface area contributed by atoms with Gasteiger partial charge in [0.2, 0.25) is 11.8 Å². The highest BCUT2D eigenvalue weighted by molar-refractivity contribution is 6.03. The molecule has 0 aliphatic carbocycles. The van der Waals surface area contributed by atoms with Gasteiger partial charge in [0.15, 0.2) is 0 Å². The summed E-state index contributed by atoms with van der Waals surface area (Å²) in [7, 11) is 1.86. The summed E-state index contributed by atoms with van der Waals surface area (Å²) in [4.78, 5) is 35.0. The summed E-state index contributed by atoms with van der Waals surface area (Å²) in [6.45, 7) is 7.80. The van der Waals surface area contributed by atoms with Gasteiger partial charge >= 0.3 is 0 Å².